The second kappa shape index (κ2) is 3.23. The molecule has 62 valence electrons. The van der Waals surface area contributed by atoms with Crippen molar-refractivity contribution in [3.63, 3.8) is 0 Å². The molecule has 0 fully saturated rings. The minimum absolute atomic E-state index is 0.159. The van der Waals surface area contributed by atoms with Crippen LogP contribution in [0, 0.1) is 9.39 Å². The molecule has 0 saturated carbocycles. The zero-order valence-corrected chi connectivity index (χ0v) is 10.3. The van der Waals surface area contributed by atoms with Gasteiger partial charge in [0.2, 0.25) is 0 Å². The van der Waals surface area contributed by atoms with E-state index < -0.39 is 0 Å². The molecule has 0 N–H and O–H groups in total. The standard InChI is InChI=1S/C8H3BrFIS/c9-6-7(11)5(10)3-4-1-2-12-8(4)6/h1-3H. The third-order valence-electron chi connectivity index (χ3n) is 1.58. The van der Waals surface area contributed by atoms with E-state index >= 15 is 0 Å². The van der Waals surface area contributed by atoms with Crippen molar-refractivity contribution >= 4 is 59.9 Å². The summed E-state index contributed by atoms with van der Waals surface area (Å²) in [4.78, 5) is 0. The maximum atomic E-state index is 13.2. The first-order valence-corrected chi connectivity index (χ1v) is 5.96. The fraction of sp³-hybridized carbons (Fsp3) is 0. The summed E-state index contributed by atoms with van der Waals surface area (Å²) in [6, 6.07) is 3.49. The predicted molar refractivity (Wildman–Crippen MR) is 62.2 cm³/mol. The summed E-state index contributed by atoms with van der Waals surface area (Å²) >= 11 is 6.99. The van der Waals surface area contributed by atoms with E-state index in [1.807, 2.05) is 34.0 Å². The summed E-state index contributed by atoms with van der Waals surface area (Å²) in [5.41, 5.74) is 0. The van der Waals surface area contributed by atoms with Crippen LogP contribution in [0.1, 0.15) is 0 Å². The highest BCUT2D eigenvalue weighted by Crippen LogP contribution is 2.34. The highest BCUT2D eigenvalue weighted by atomic mass is 127. The van der Waals surface area contributed by atoms with Gasteiger partial charge in [-0.2, -0.15) is 0 Å². The molecule has 0 nitrogen and oxygen atoms in total. The SMILES string of the molecule is Fc1cc2ccsc2c(Br)c1I. The van der Waals surface area contributed by atoms with Crippen molar-refractivity contribution in [3.8, 4) is 0 Å². The Kier molecular flexibility index (Phi) is 2.39. The van der Waals surface area contributed by atoms with Crippen LogP contribution in [0.3, 0.4) is 0 Å². The molecule has 4 heteroatoms. The van der Waals surface area contributed by atoms with Crippen molar-refractivity contribution in [2.45, 2.75) is 0 Å². The molecule has 2 aromatic rings. The van der Waals surface area contributed by atoms with Crippen LogP contribution in [-0.4, -0.2) is 0 Å². The van der Waals surface area contributed by atoms with Gasteiger partial charge in [-0.1, -0.05) is 0 Å². The van der Waals surface area contributed by atoms with Crippen LogP contribution in [0.2, 0.25) is 0 Å². The first kappa shape index (κ1) is 8.90. The zero-order valence-electron chi connectivity index (χ0n) is 5.77. The Hall–Kier alpha value is 0.320. The molecule has 2 rings (SSSR count). The topological polar surface area (TPSA) is 0 Å². The van der Waals surface area contributed by atoms with Crippen LogP contribution in [-0.2, 0) is 0 Å². The van der Waals surface area contributed by atoms with Gasteiger partial charge >= 0.3 is 0 Å². The fourth-order valence-electron chi connectivity index (χ4n) is 1.02. The number of hydrogen-bond donors (Lipinski definition) is 0. The predicted octanol–water partition coefficient (Wildman–Crippen LogP) is 4.41. The second-order valence-electron chi connectivity index (χ2n) is 2.33. The molecule has 0 aliphatic heterocycles. The Morgan fingerprint density at radius 3 is 3.00 bits per heavy atom. The quantitative estimate of drug-likeness (QED) is 0.484. The minimum atomic E-state index is -0.159. The van der Waals surface area contributed by atoms with Crippen molar-refractivity contribution in [1.82, 2.24) is 0 Å². The van der Waals surface area contributed by atoms with E-state index in [1.165, 1.54) is 0 Å². The van der Waals surface area contributed by atoms with Crippen LogP contribution < -0.4 is 0 Å². The average Bonchev–Trinajstić information content (AvgIpc) is 2.48. The molecule has 1 aromatic carbocycles. The van der Waals surface area contributed by atoms with Crippen LogP contribution in [0.25, 0.3) is 10.1 Å². The maximum absolute atomic E-state index is 13.2. The molecule has 0 aliphatic carbocycles. The van der Waals surface area contributed by atoms with Gasteiger partial charge in [0.25, 0.3) is 0 Å². The molecule has 0 aliphatic rings. The van der Waals surface area contributed by atoms with Gasteiger partial charge in [-0.05, 0) is 61.4 Å². The zero-order chi connectivity index (χ0) is 8.72. The lowest BCUT2D eigenvalue weighted by molar-refractivity contribution is 0.621. The van der Waals surface area contributed by atoms with Gasteiger partial charge < -0.3 is 0 Å². The lowest BCUT2D eigenvalue weighted by atomic mass is 10.3. The number of fused-ring (bicyclic) bond motifs is 1. The smallest absolute Gasteiger partial charge is 0.138 e. The highest BCUT2D eigenvalue weighted by molar-refractivity contribution is 14.1. The molecular weight excluding hydrogens is 354 g/mol. The van der Waals surface area contributed by atoms with Crippen LogP contribution in [0.5, 0.6) is 0 Å². The monoisotopic (exact) mass is 356 g/mol. The molecule has 0 unspecified atom stereocenters. The average molecular weight is 357 g/mol. The molecule has 0 saturated heterocycles. The van der Waals surface area contributed by atoms with E-state index in [1.54, 1.807) is 17.4 Å². The molecule has 1 heterocycles. The van der Waals surface area contributed by atoms with Crippen molar-refractivity contribution < 1.29 is 4.39 Å². The summed E-state index contributed by atoms with van der Waals surface area (Å²) in [5, 5.41) is 2.93. The summed E-state index contributed by atoms with van der Waals surface area (Å²) in [5.74, 6) is -0.159. The largest absolute Gasteiger partial charge is 0.206 e. The van der Waals surface area contributed by atoms with Gasteiger partial charge in [0.15, 0.2) is 0 Å². The lowest BCUT2D eigenvalue weighted by Gasteiger charge is -1.98. The van der Waals surface area contributed by atoms with Gasteiger partial charge in [-0.3, -0.25) is 0 Å². The van der Waals surface area contributed by atoms with E-state index in [-0.39, 0.29) is 5.82 Å². The number of hydrogen-bond acceptors (Lipinski definition) is 1. The Bertz CT molecular complexity index is 438. The third kappa shape index (κ3) is 1.29. The van der Waals surface area contributed by atoms with Crippen LogP contribution in [0.15, 0.2) is 22.0 Å². The van der Waals surface area contributed by atoms with Crippen LogP contribution >= 0.6 is 49.9 Å². The van der Waals surface area contributed by atoms with E-state index in [2.05, 4.69) is 15.9 Å². The van der Waals surface area contributed by atoms with Crippen molar-refractivity contribution in [3.05, 3.63) is 31.4 Å². The summed E-state index contributed by atoms with van der Waals surface area (Å²) in [6.45, 7) is 0. The molecule has 12 heavy (non-hydrogen) atoms. The lowest BCUT2D eigenvalue weighted by Crippen LogP contribution is -1.82. The van der Waals surface area contributed by atoms with Crippen molar-refractivity contribution in [1.29, 1.82) is 0 Å². The van der Waals surface area contributed by atoms with Crippen LogP contribution in [0.4, 0.5) is 4.39 Å². The van der Waals surface area contributed by atoms with Gasteiger partial charge in [-0.25, -0.2) is 4.39 Å². The van der Waals surface area contributed by atoms with E-state index in [0.717, 1.165) is 14.6 Å². The van der Waals surface area contributed by atoms with Gasteiger partial charge in [0.1, 0.15) is 5.82 Å². The first-order valence-electron chi connectivity index (χ1n) is 3.21. The van der Waals surface area contributed by atoms with Gasteiger partial charge in [0.05, 0.1) is 8.04 Å². The number of rotatable bonds is 0. The first-order chi connectivity index (χ1) is 5.70. The van der Waals surface area contributed by atoms with Gasteiger partial charge in [0, 0.05) is 4.70 Å². The Morgan fingerprint density at radius 2 is 2.25 bits per heavy atom. The number of thiophene rings is 1. The Labute approximate surface area is 95.0 Å². The van der Waals surface area contributed by atoms with Crippen molar-refractivity contribution in [2.75, 3.05) is 0 Å². The fourth-order valence-corrected chi connectivity index (χ4v) is 3.14. The molecule has 0 radical (unpaired) electrons. The molecule has 1 aromatic heterocycles. The molecule has 0 atom stereocenters. The van der Waals surface area contributed by atoms with Crippen molar-refractivity contribution in [2.24, 2.45) is 0 Å². The maximum Gasteiger partial charge on any atom is 0.138 e. The molecule has 0 spiro atoms. The summed E-state index contributed by atoms with van der Waals surface area (Å²) < 4.78 is 15.8. The highest BCUT2D eigenvalue weighted by Gasteiger charge is 2.09. The Balaban J connectivity index is 2.94. The molecular formula is C8H3BrFIS. The summed E-state index contributed by atoms with van der Waals surface area (Å²) in [7, 11) is 0. The normalized spacial score (nSPS) is 10.9. The second-order valence-corrected chi connectivity index (χ2v) is 5.11. The van der Waals surface area contributed by atoms with E-state index in [4.69, 9.17) is 0 Å². The van der Waals surface area contributed by atoms with E-state index in [0.29, 0.717) is 3.57 Å². The minimum Gasteiger partial charge on any atom is -0.206 e. The molecule has 0 amide bonds. The number of benzene rings is 1. The van der Waals surface area contributed by atoms with E-state index in [9.17, 15) is 4.39 Å². The molecule has 0 bridgehead atoms. The van der Waals surface area contributed by atoms with Gasteiger partial charge in [-0.15, -0.1) is 11.3 Å². The Morgan fingerprint density at radius 1 is 1.50 bits per heavy atom. The third-order valence-corrected chi connectivity index (χ3v) is 5.38. The number of halogens is 3. The summed E-state index contributed by atoms with van der Waals surface area (Å²) in [6.07, 6.45) is 0.